The van der Waals surface area contributed by atoms with Crippen molar-refractivity contribution in [3.05, 3.63) is 66.9 Å². The highest BCUT2D eigenvalue weighted by Crippen LogP contribution is 2.26. The van der Waals surface area contributed by atoms with Gasteiger partial charge >= 0.3 is 0 Å². The van der Waals surface area contributed by atoms with Crippen molar-refractivity contribution in [2.24, 2.45) is 0 Å². The lowest BCUT2D eigenvalue weighted by Gasteiger charge is -2.07. The van der Waals surface area contributed by atoms with Gasteiger partial charge in [0.05, 0.1) is 15.3 Å². The van der Waals surface area contributed by atoms with Crippen molar-refractivity contribution in [1.29, 1.82) is 0 Å². The first-order valence-electron chi connectivity index (χ1n) is 5.83. The van der Waals surface area contributed by atoms with Crippen LogP contribution >= 0.6 is 0 Å². The van der Waals surface area contributed by atoms with Crippen LogP contribution in [0, 0.1) is 0 Å². The fourth-order valence-electron chi connectivity index (χ4n) is 2.02. The lowest BCUT2D eigenvalue weighted by molar-refractivity contribution is 0.597. The van der Waals surface area contributed by atoms with Gasteiger partial charge in [0.1, 0.15) is 0 Å². The third-order valence-corrected chi connectivity index (χ3v) is 4.74. The van der Waals surface area contributed by atoms with Crippen LogP contribution in [0.3, 0.4) is 0 Å². The molecule has 0 aliphatic carbocycles. The maximum atomic E-state index is 12.6. The Bertz CT molecular complexity index is 822. The van der Waals surface area contributed by atoms with E-state index in [9.17, 15) is 8.42 Å². The third kappa shape index (κ3) is 2.00. The zero-order valence-electron chi connectivity index (χ0n) is 10.0. The van der Waals surface area contributed by atoms with Crippen LogP contribution in [0.15, 0.2) is 76.7 Å². The second kappa shape index (κ2) is 4.48. The highest BCUT2D eigenvalue weighted by Gasteiger charge is 2.20. The number of hydrogen-bond acceptors (Lipinski definition) is 3. The summed E-state index contributed by atoms with van der Waals surface area (Å²) in [7, 11) is -3.53. The molecule has 0 aliphatic heterocycles. The van der Waals surface area contributed by atoms with E-state index in [1.54, 1.807) is 54.7 Å². The average Bonchev–Trinajstić information content (AvgIpc) is 2.47. The van der Waals surface area contributed by atoms with Gasteiger partial charge < -0.3 is 0 Å². The zero-order chi connectivity index (χ0) is 13.3. The first kappa shape index (κ1) is 11.9. The largest absolute Gasteiger partial charge is 0.255 e. The van der Waals surface area contributed by atoms with E-state index in [1.807, 2.05) is 12.1 Å². The van der Waals surface area contributed by atoms with Crippen molar-refractivity contribution in [2.45, 2.75) is 9.79 Å². The molecule has 2 aromatic carbocycles. The molecule has 0 radical (unpaired) electrons. The molecule has 3 nitrogen and oxygen atoms in total. The highest BCUT2D eigenvalue weighted by atomic mass is 32.2. The number of hydrogen-bond donors (Lipinski definition) is 0. The van der Waals surface area contributed by atoms with E-state index in [-0.39, 0.29) is 9.79 Å². The second-order valence-corrected chi connectivity index (χ2v) is 6.07. The summed E-state index contributed by atoms with van der Waals surface area (Å²) in [6.07, 6.45) is 1.60. The van der Waals surface area contributed by atoms with Crippen LogP contribution in [-0.4, -0.2) is 13.4 Å². The summed E-state index contributed by atoms with van der Waals surface area (Å²) >= 11 is 0. The minimum absolute atomic E-state index is 0.247. The van der Waals surface area contributed by atoms with Gasteiger partial charge in [0.2, 0.25) is 9.84 Å². The summed E-state index contributed by atoms with van der Waals surface area (Å²) in [5.74, 6) is 0. The smallest absolute Gasteiger partial charge is 0.208 e. The van der Waals surface area contributed by atoms with Crippen LogP contribution in [0.5, 0.6) is 0 Å². The fraction of sp³-hybridized carbons (Fsp3) is 0. The van der Waals surface area contributed by atoms with Crippen LogP contribution in [-0.2, 0) is 9.84 Å². The van der Waals surface area contributed by atoms with Gasteiger partial charge in [-0.1, -0.05) is 36.4 Å². The number of pyridine rings is 1. The van der Waals surface area contributed by atoms with Crippen LogP contribution in [0.4, 0.5) is 0 Å². The Kier molecular flexibility index (Phi) is 2.80. The summed E-state index contributed by atoms with van der Waals surface area (Å²) in [5.41, 5.74) is 0.508. The Labute approximate surface area is 111 Å². The summed E-state index contributed by atoms with van der Waals surface area (Å²) in [5, 5.41) is 0.819. The van der Waals surface area contributed by atoms with Crippen LogP contribution in [0.2, 0.25) is 0 Å². The Hall–Kier alpha value is -2.20. The normalized spacial score (nSPS) is 11.6. The van der Waals surface area contributed by atoms with E-state index >= 15 is 0 Å². The number of rotatable bonds is 2. The standard InChI is InChI=1S/C15H11NO2S/c17-19(18,13-8-2-1-3-9-13)14-10-4-6-12-7-5-11-16-15(12)14/h1-11H. The van der Waals surface area contributed by atoms with Gasteiger partial charge in [-0.2, -0.15) is 0 Å². The molecule has 0 fully saturated rings. The number of benzene rings is 2. The number of sulfone groups is 1. The van der Waals surface area contributed by atoms with E-state index < -0.39 is 9.84 Å². The first-order valence-corrected chi connectivity index (χ1v) is 7.32. The maximum Gasteiger partial charge on any atom is 0.208 e. The molecular weight excluding hydrogens is 258 g/mol. The van der Waals surface area contributed by atoms with Gasteiger partial charge in [0.15, 0.2) is 0 Å². The van der Waals surface area contributed by atoms with Gasteiger partial charge in [-0.05, 0) is 24.3 Å². The number of fused-ring (bicyclic) bond motifs is 1. The molecule has 3 rings (SSSR count). The molecule has 4 heteroatoms. The van der Waals surface area contributed by atoms with Crippen molar-refractivity contribution >= 4 is 20.7 Å². The molecular formula is C15H11NO2S. The van der Waals surface area contributed by atoms with Crippen molar-refractivity contribution in [1.82, 2.24) is 4.98 Å². The quantitative estimate of drug-likeness (QED) is 0.718. The summed E-state index contributed by atoms with van der Waals surface area (Å²) in [6, 6.07) is 17.2. The molecule has 0 atom stereocenters. The molecule has 0 spiro atoms. The predicted octanol–water partition coefficient (Wildman–Crippen LogP) is 3.07. The Balaban J connectivity index is 2.31. The molecule has 94 valence electrons. The van der Waals surface area contributed by atoms with Crippen molar-refractivity contribution in [3.8, 4) is 0 Å². The maximum absolute atomic E-state index is 12.6. The minimum Gasteiger partial charge on any atom is -0.255 e. The summed E-state index contributed by atoms with van der Waals surface area (Å²) in [6.45, 7) is 0. The molecule has 0 aliphatic rings. The van der Waals surface area contributed by atoms with Crippen molar-refractivity contribution in [2.75, 3.05) is 0 Å². The van der Waals surface area contributed by atoms with Gasteiger partial charge in [-0.15, -0.1) is 0 Å². The Morgan fingerprint density at radius 2 is 1.53 bits per heavy atom. The third-order valence-electron chi connectivity index (χ3n) is 2.94. The number of para-hydroxylation sites is 1. The lowest BCUT2D eigenvalue weighted by atomic mass is 10.2. The molecule has 0 unspecified atom stereocenters. The summed E-state index contributed by atoms with van der Waals surface area (Å²) < 4.78 is 25.2. The molecule has 3 aromatic rings. The van der Waals surface area contributed by atoms with Crippen LogP contribution < -0.4 is 0 Å². The number of aromatic nitrogens is 1. The van der Waals surface area contributed by atoms with E-state index in [2.05, 4.69) is 4.98 Å². The van der Waals surface area contributed by atoms with E-state index in [4.69, 9.17) is 0 Å². The van der Waals surface area contributed by atoms with Gasteiger partial charge in [-0.3, -0.25) is 4.98 Å². The molecule has 0 saturated carbocycles. The second-order valence-electron chi connectivity index (χ2n) is 4.15. The molecule has 1 heterocycles. The molecule has 0 N–H and O–H groups in total. The van der Waals surface area contributed by atoms with Crippen LogP contribution in [0.1, 0.15) is 0 Å². The first-order chi connectivity index (χ1) is 9.19. The van der Waals surface area contributed by atoms with Gasteiger partial charge in [0.25, 0.3) is 0 Å². The van der Waals surface area contributed by atoms with Crippen molar-refractivity contribution in [3.63, 3.8) is 0 Å². The van der Waals surface area contributed by atoms with Crippen LogP contribution in [0.25, 0.3) is 10.9 Å². The zero-order valence-corrected chi connectivity index (χ0v) is 10.8. The lowest BCUT2D eigenvalue weighted by Crippen LogP contribution is -2.03. The number of nitrogens with zero attached hydrogens (tertiary/aromatic N) is 1. The Morgan fingerprint density at radius 3 is 2.32 bits per heavy atom. The summed E-state index contributed by atoms with van der Waals surface area (Å²) in [4.78, 5) is 4.73. The van der Waals surface area contributed by atoms with E-state index in [0.29, 0.717) is 5.52 Å². The Morgan fingerprint density at radius 1 is 0.789 bits per heavy atom. The predicted molar refractivity (Wildman–Crippen MR) is 73.6 cm³/mol. The van der Waals surface area contributed by atoms with Crippen molar-refractivity contribution < 1.29 is 8.42 Å². The SMILES string of the molecule is O=S(=O)(c1ccccc1)c1cccc2cccnc12. The van der Waals surface area contributed by atoms with Gasteiger partial charge in [0, 0.05) is 11.6 Å². The molecule has 0 bridgehead atoms. The monoisotopic (exact) mass is 269 g/mol. The molecule has 1 aromatic heterocycles. The topological polar surface area (TPSA) is 47.0 Å². The fourth-order valence-corrected chi connectivity index (χ4v) is 3.47. The van der Waals surface area contributed by atoms with Gasteiger partial charge in [-0.25, -0.2) is 8.42 Å². The highest BCUT2D eigenvalue weighted by molar-refractivity contribution is 7.91. The van der Waals surface area contributed by atoms with E-state index in [0.717, 1.165) is 5.39 Å². The average molecular weight is 269 g/mol. The molecule has 0 saturated heterocycles. The van der Waals surface area contributed by atoms with E-state index in [1.165, 1.54) is 0 Å². The molecule has 0 amide bonds. The minimum atomic E-state index is -3.53. The molecule has 19 heavy (non-hydrogen) atoms.